The van der Waals surface area contributed by atoms with E-state index in [1.165, 1.54) is 10.6 Å². The van der Waals surface area contributed by atoms with Crippen LogP contribution in [0.2, 0.25) is 0 Å². The molecule has 0 amide bonds. The second-order valence-electron chi connectivity index (χ2n) is 4.15. The second kappa shape index (κ2) is 3.06. The molecule has 1 aliphatic rings. The van der Waals surface area contributed by atoms with Gasteiger partial charge in [0.05, 0.1) is 6.26 Å². The lowest BCUT2D eigenvalue weighted by atomic mass is 9.84. The van der Waals surface area contributed by atoms with Gasteiger partial charge in [0.15, 0.2) is 0 Å². The third kappa shape index (κ3) is 2.28. The average molecular weight is 205 g/mol. The number of Topliss-reactive ketones (excluding diaryl/α,β-unsaturated/α-hetero) is 1. The molecule has 1 aliphatic heterocycles. The summed E-state index contributed by atoms with van der Waals surface area (Å²) in [5.41, 5.74) is -0.526. The highest BCUT2D eigenvalue weighted by Crippen LogP contribution is 2.26. The van der Waals surface area contributed by atoms with Crippen LogP contribution in [0.25, 0.3) is 0 Å². The van der Waals surface area contributed by atoms with E-state index in [1.54, 1.807) is 13.8 Å². The minimum Gasteiger partial charge on any atom is -0.299 e. The molecule has 0 aromatic heterocycles. The summed E-state index contributed by atoms with van der Waals surface area (Å²) in [5.74, 6) is 0.146. The monoisotopic (exact) mass is 205 g/mol. The zero-order valence-corrected chi connectivity index (χ0v) is 9.02. The van der Waals surface area contributed by atoms with Crippen LogP contribution in [0.1, 0.15) is 20.3 Å². The van der Waals surface area contributed by atoms with Crippen molar-refractivity contribution in [2.45, 2.75) is 20.3 Å². The van der Waals surface area contributed by atoms with Crippen LogP contribution in [0.4, 0.5) is 0 Å². The number of hydrogen-bond acceptors (Lipinski definition) is 3. The number of rotatable bonds is 1. The number of carbonyl (C=O) groups excluding carboxylic acids is 1. The van der Waals surface area contributed by atoms with Crippen LogP contribution >= 0.6 is 0 Å². The van der Waals surface area contributed by atoms with Crippen molar-refractivity contribution >= 4 is 15.8 Å². The number of ketones is 1. The zero-order chi connectivity index (χ0) is 10.3. The summed E-state index contributed by atoms with van der Waals surface area (Å²) in [5, 5.41) is 0. The maximum absolute atomic E-state index is 11.4. The molecule has 5 heteroatoms. The summed E-state index contributed by atoms with van der Waals surface area (Å²) < 4.78 is 23.8. The molecular formula is C8H15NO3S. The van der Waals surface area contributed by atoms with Gasteiger partial charge in [-0.1, -0.05) is 13.8 Å². The Labute approximate surface area is 79.0 Å². The van der Waals surface area contributed by atoms with Gasteiger partial charge < -0.3 is 0 Å². The summed E-state index contributed by atoms with van der Waals surface area (Å²) in [6.07, 6.45) is 1.51. The lowest BCUT2D eigenvalue weighted by molar-refractivity contribution is -0.129. The molecule has 13 heavy (non-hydrogen) atoms. The molecule has 1 saturated heterocycles. The van der Waals surface area contributed by atoms with Crippen molar-refractivity contribution in [2.24, 2.45) is 5.41 Å². The fraction of sp³-hybridized carbons (Fsp3) is 0.875. The molecule has 0 unspecified atom stereocenters. The number of nitrogens with zero attached hydrogens (tertiary/aromatic N) is 1. The maximum atomic E-state index is 11.4. The Morgan fingerprint density at radius 1 is 1.38 bits per heavy atom. The molecule has 0 aromatic carbocycles. The highest BCUT2D eigenvalue weighted by Gasteiger charge is 2.37. The van der Waals surface area contributed by atoms with E-state index in [4.69, 9.17) is 0 Å². The summed E-state index contributed by atoms with van der Waals surface area (Å²) in [6, 6.07) is 0. The third-order valence-corrected chi connectivity index (χ3v) is 3.63. The van der Waals surface area contributed by atoms with Crippen molar-refractivity contribution in [3.8, 4) is 0 Å². The van der Waals surface area contributed by atoms with E-state index in [0.717, 1.165) is 0 Å². The Balaban J connectivity index is 2.84. The Morgan fingerprint density at radius 3 is 2.31 bits per heavy atom. The number of piperidine rings is 1. The molecule has 0 spiro atoms. The fourth-order valence-electron chi connectivity index (χ4n) is 1.46. The van der Waals surface area contributed by atoms with Gasteiger partial charge in [-0.05, 0) is 0 Å². The van der Waals surface area contributed by atoms with Crippen LogP contribution in [0.15, 0.2) is 0 Å². The van der Waals surface area contributed by atoms with Crippen LogP contribution in [0, 0.1) is 5.41 Å². The Kier molecular flexibility index (Phi) is 2.51. The van der Waals surface area contributed by atoms with Gasteiger partial charge >= 0.3 is 0 Å². The first-order valence-electron chi connectivity index (χ1n) is 4.22. The number of carbonyl (C=O) groups is 1. The van der Waals surface area contributed by atoms with Gasteiger partial charge in [-0.25, -0.2) is 12.7 Å². The van der Waals surface area contributed by atoms with Gasteiger partial charge in [-0.3, -0.25) is 4.79 Å². The van der Waals surface area contributed by atoms with Crippen molar-refractivity contribution in [3.63, 3.8) is 0 Å². The molecule has 0 saturated carbocycles. The topological polar surface area (TPSA) is 54.5 Å². The van der Waals surface area contributed by atoms with Crippen LogP contribution in [0.3, 0.4) is 0 Å². The lowest BCUT2D eigenvalue weighted by Gasteiger charge is -2.35. The summed E-state index contributed by atoms with van der Waals surface area (Å²) in [6.45, 7) is 4.21. The second-order valence-corrected chi connectivity index (χ2v) is 6.14. The van der Waals surface area contributed by atoms with E-state index in [9.17, 15) is 13.2 Å². The first kappa shape index (κ1) is 10.7. The molecule has 1 heterocycles. The largest absolute Gasteiger partial charge is 0.299 e. The van der Waals surface area contributed by atoms with E-state index < -0.39 is 15.4 Å². The first-order chi connectivity index (χ1) is 5.73. The Hall–Kier alpha value is -0.420. The Bertz CT molecular complexity index is 318. The van der Waals surface area contributed by atoms with Crippen molar-refractivity contribution in [1.82, 2.24) is 4.31 Å². The van der Waals surface area contributed by atoms with Crippen LogP contribution in [-0.4, -0.2) is 37.9 Å². The molecule has 0 aliphatic carbocycles. The van der Waals surface area contributed by atoms with Crippen molar-refractivity contribution < 1.29 is 13.2 Å². The van der Waals surface area contributed by atoms with Gasteiger partial charge in [0.2, 0.25) is 10.0 Å². The van der Waals surface area contributed by atoms with Crippen LogP contribution < -0.4 is 0 Å². The van der Waals surface area contributed by atoms with Gasteiger partial charge in [0.25, 0.3) is 0 Å². The van der Waals surface area contributed by atoms with E-state index in [-0.39, 0.29) is 5.78 Å². The van der Waals surface area contributed by atoms with Crippen LogP contribution in [0.5, 0.6) is 0 Å². The van der Waals surface area contributed by atoms with Crippen molar-refractivity contribution in [1.29, 1.82) is 0 Å². The minimum atomic E-state index is -3.14. The Morgan fingerprint density at radius 2 is 1.92 bits per heavy atom. The van der Waals surface area contributed by atoms with E-state index in [1.807, 2.05) is 0 Å². The van der Waals surface area contributed by atoms with E-state index in [0.29, 0.717) is 19.5 Å². The normalized spacial score (nSPS) is 24.7. The van der Waals surface area contributed by atoms with Gasteiger partial charge in [-0.15, -0.1) is 0 Å². The number of hydrogen-bond donors (Lipinski definition) is 0. The van der Waals surface area contributed by atoms with Gasteiger partial charge in [0, 0.05) is 24.9 Å². The van der Waals surface area contributed by atoms with Gasteiger partial charge in [-0.2, -0.15) is 0 Å². The molecule has 76 valence electrons. The average Bonchev–Trinajstić information content (AvgIpc) is 1.92. The summed E-state index contributed by atoms with van der Waals surface area (Å²) in [4.78, 5) is 11.4. The molecule has 1 rings (SSSR count). The fourth-order valence-corrected chi connectivity index (χ4v) is 2.44. The molecule has 0 bridgehead atoms. The highest BCUT2D eigenvalue weighted by atomic mass is 32.2. The molecule has 0 radical (unpaired) electrons. The molecule has 4 nitrogen and oxygen atoms in total. The maximum Gasteiger partial charge on any atom is 0.211 e. The smallest absolute Gasteiger partial charge is 0.211 e. The SMILES string of the molecule is CC1(C)CN(S(C)(=O)=O)CCC1=O. The minimum absolute atomic E-state index is 0.146. The zero-order valence-electron chi connectivity index (χ0n) is 8.20. The highest BCUT2D eigenvalue weighted by molar-refractivity contribution is 7.88. The lowest BCUT2D eigenvalue weighted by Crippen LogP contribution is -2.48. The summed E-state index contributed by atoms with van der Waals surface area (Å²) in [7, 11) is -3.14. The third-order valence-electron chi connectivity index (χ3n) is 2.38. The molecule has 0 N–H and O–H groups in total. The predicted molar refractivity (Wildman–Crippen MR) is 49.8 cm³/mol. The van der Waals surface area contributed by atoms with E-state index in [2.05, 4.69) is 0 Å². The summed E-state index contributed by atoms with van der Waals surface area (Å²) >= 11 is 0. The van der Waals surface area contributed by atoms with E-state index >= 15 is 0 Å². The van der Waals surface area contributed by atoms with Crippen LogP contribution in [-0.2, 0) is 14.8 Å². The standard InChI is InChI=1S/C8H15NO3S/c1-8(2)6-9(13(3,11)12)5-4-7(8)10/h4-6H2,1-3H3. The molecular weight excluding hydrogens is 190 g/mol. The molecule has 1 fully saturated rings. The first-order valence-corrected chi connectivity index (χ1v) is 6.07. The van der Waals surface area contributed by atoms with Crippen molar-refractivity contribution in [2.75, 3.05) is 19.3 Å². The van der Waals surface area contributed by atoms with Crippen molar-refractivity contribution in [3.05, 3.63) is 0 Å². The quantitative estimate of drug-likeness (QED) is 0.616. The van der Waals surface area contributed by atoms with Gasteiger partial charge in [0.1, 0.15) is 5.78 Å². The number of sulfonamides is 1. The molecule has 0 atom stereocenters. The predicted octanol–water partition coefficient (Wildman–Crippen LogP) is 0.247. The molecule has 0 aromatic rings.